The van der Waals surface area contributed by atoms with Crippen LogP contribution in [0.25, 0.3) is 0 Å². The first-order valence-electron chi connectivity index (χ1n) is 6.52. The molecule has 1 atom stereocenters. The van der Waals surface area contributed by atoms with Gasteiger partial charge in [-0.15, -0.1) is 0 Å². The first-order valence-corrected chi connectivity index (χ1v) is 6.52. The van der Waals surface area contributed by atoms with Gasteiger partial charge in [0, 0.05) is 24.9 Å². The fourth-order valence-electron chi connectivity index (χ4n) is 2.81. The molecule has 2 nitrogen and oxygen atoms in total. The van der Waals surface area contributed by atoms with Gasteiger partial charge in [-0.2, -0.15) is 0 Å². The van der Waals surface area contributed by atoms with E-state index in [1.54, 1.807) is 0 Å². The second-order valence-electron chi connectivity index (χ2n) is 4.75. The smallest absolute Gasteiger partial charge is 0.0303 e. The lowest BCUT2D eigenvalue weighted by molar-refractivity contribution is 0.413. The summed E-state index contributed by atoms with van der Waals surface area (Å²) in [6.07, 6.45) is 9.51. The Morgan fingerprint density at radius 1 is 1.44 bits per heavy atom. The Hall–Kier alpha value is -0.890. The van der Waals surface area contributed by atoms with E-state index in [4.69, 9.17) is 0 Å². The fourth-order valence-corrected chi connectivity index (χ4v) is 2.81. The van der Waals surface area contributed by atoms with Crippen LogP contribution in [0.4, 0.5) is 0 Å². The summed E-state index contributed by atoms with van der Waals surface area (Å²) >= 11 is 0. The molecule has 0 spiro atoms. The number of likely N-dealkylation sites (N-methyl/N-ethyl adjacent to an activating group) is 1. The first-order chi connectivity index (χ1) is 7.92. The number of aromatic nitrogens is 1. The fraction of sp³-hybridized carbons (Fsp3) is 0.643. The van der Waals surface area contributed by atoms with Gasteiger partial charge >= 0.3 is 0 Å². The van der Waals surface area contributed by atoms with Crippen LogP contribution in [0.15, 0.2) is 24.5 Å². The molecule has 1 aliphatic carbocycles. The largest absolute Gasteiger partial charge is 0.316 e. The standard InChI is InChI=1S/C14H22N2/c1-2-15-11-14(12-6-3-4-7-12)13-8-5-9-16-10-13/h5,8-10,12,14-15H,2-4,6-7,11H2,1H3. The van der Waals surface area contributed by atoms with Gasteiger partial charge in [0.05, 0.1) is 0 Å². The van der Waals surface area contributed by atoms with Crippen molar-refractivity contribution >= 4 is 0 Å². The quantitative estimate of drug-likeness (QED) is 0.822. The molecule has 0 saturated heterocycles. The van der Waals surface area contributed by atoms with Crippen molar-refractivity contribution in [2.75, 3.05) is 13.1 Å². The van der Waals surface area contributed by atoms with Gasteiger partial charge in [-0.25, -0.2) is 0 Å². The summed E-state index contributed by atoms with van der Waals surface area (Å²) < 4.78 is 0. The minimum atomic E-state index is 0.663. The lowest BCUT2D eigenvalue weighted by atomic mass is 9.85. The van der Waals surface area contributed by atoms with Crippen molar-refractivity contribution in [3.05, 3.63) is 30.1 Å². The Bertz CT molecular complexity index is 291. The number of rotatable bonds is 5. The van der Waals surface area contributed by atoms with E-state index in [2.05, 4.69) is 29.4 Å². The summed E-state index contributed by atoms with van der Waals surface area (Å²) in [5, 5.41) is 3.50. The molecule has 1 heterocycles. The van der Waals surface area contributed by atoms with E-state index in [0.717, 1.165) is 19.0 Å². The Morgan fingerprint density at radius 3 is 2.88 bits per heavy atom. The maximum atomic E-state index is 4.26. The molecule has 0 bridgehead atoms. The first kappa shape index (κ1) is 11.6. The molecular weight excluding hydrogens is 196 g/mol. The SMILES string of the molecule is CCNCC(c1cccnc1)C1CCCC1. The maximum Gasteiger partial charge on any atom is 0.0303 e. The van der Waals surface area contributed by atoms with E-state index in [9.17, 15) is 0 Å². The normalized spacial score (nSPS) is 18.8. The summed E-state index contributed by atoms with van der Waals surface area (Å²) in [5.41, 5.74) is 1.41. The Labute approximate surface area is 98.5 Å². The predicted octanol–water partition coefficient (Wildman–Crippen LogP) is 2.96. The second-order valence-corrected chi connectivity index (χ2v) is 4.75. The van der Waals surface area contributed by atoms with Crippen molar-refractivity contribution in [1.82, 2.24) is 10.3 Å². The molecule has 1 unspecified atom stereocenters. The van der Waals surface area contributed by atoms with E-state index in [1.165, 1.54) is 31.2 Å². The number of pyridine rings is 1. The van der Waals surface area contributed by atoms with Crippen molar-refractivity contribution in [3.8, 4) is 0 Å². The molecule has 2 heteroatoms. The highest BCUT2D eigenvalue weighted by atomic mass is 14.8. The molecule has 1 fully saturated rings. The molecule has 1 saturated carbocycles. The molecule has 1 aliphatic rings. The highest BCUT2D eigenvalue weighted by Gasteiger charge is 2.25. The van der Waals surface area contributed by atoms with E-state index in [0.29, 0.717) is 5.92 Å². The highest BCUT2D eigenvalue weighted by molar-refractivity contribution is 5.16. The average molecular weight is 218 g/mol. The van der Waals surface area contributed by atoms with Gasteiger partial charge < -0.3 is 5.32 Å². The van der Waals surface area contributed by atoms with Crippen LogP contribution in [0.2, 0.25) is 0 Å². The molecule has 0 radical (unpaired) electrons. The van der Waals surface area contributed by atoms with E-state index >= 15 is 0 Å². The molecule has 16 heavy (non-hydrogen) atoms. The Morgan fingerprint density at radius 2 is 2.25 bits per heavy atom. The molecule has 0 aliphatic heterocycles. The van der Waals surface area contributed by atoms with Crippen LogP contribution in [0.5, 0.6) is 0 Å². The molecule has 1 N–H and O–H groups in total. The van der Waals surface area contributed by atoms with Crippen LogP contribution in [0, 0.1) is 5.92 Å². The lowest BCUT2D eigenvalue weighted by Gasteiger charge is -2.23. The molecule has 1 aromatic rings. The number of hydrogen-bond acceptors (Lipinski definition) is 2. The predicted molar refractivity (Wildman–Crippen MR) is 67.5 cm³/mol. The van der Waals surface area contributed by atoms with E-state index < -0.39 is 0 Å². The van der Waals surface area contributed by atoms with Crippen molar-refractivity contribution in [2.24, 2.45) is 5.92 Å². The lowest BCUT2D eigenvalue weighted by Crippen LogP contribution is -2.25. The third kappa shape index (κ3) is 2.82. The van der Waals surface area contributed by atoms with Gasteiger partial charge in [-0.3, -0.25) is 4.98 Å². The number of nitrogens with zero attached hydrogens (tertiary/aromatic N) is 1. The summed E-state index contributed by atoms with van der Waals surface area (Å²) in [6, 6.07) is 4.29. The molecule has 0 aromatic carbocycles. The minimum Gasteiger partial charge on any atom is -0.316 e. The number of nitrogens with one attached hydrogen (secondary N) is 1. The zero-order valence-corrected chi connectivity index (χ0v) is 10.2. The van der Waals surface area contributed by atoms with Crippen LogP contribution >= 0.6 is 0 Å². The summed E-state index contributed by atoms with van der Waals surface area (Å²) in [7, 11) is 0. The third-order valence-electron chi connectivity index (χ3n) is 3.70. The zero-order chi connectivity index (χ0) is 11.2. The highest BCUT2D eigenvalue weighted by Crippen LogP contribution is 2.36. The van der Waals surface area contributed by atoms with Gasteiger partial charge in [0.25, 0.3) is 0 Å². The zero-order valence-electron chi connectivity index (χ0n) is 10.2. The third-order valence-corrected chi connectivity index (χ3v) is 3.70. The molecule has 1 aromatic heterocycles. The van der Waals surface area contributed by atoms with Gasteiger partial charge in [-0.05, 0) is 36.9 Å². The summed E-state index contributed by atoms with van der Waals surface area (Å²) in [4.78, 5) is 4.26. The van der Waals surface area contributed by atoms with Crippen molar-refractivity contribution in [1.29, 1.82) is 0 Å². The minimum absolute atomic E-state index is 0.663. The maximum absolute atomic E-state index is 4.26. The van der Waals surface area contributed by atoms with Crippen LogP contribution in [-0.2, 0) is 0 Å². The molecular formula is C14H22N2. The van der Waals surface area contributed by atoms with E-state index in [1.807, 2.05) is 12.4 Å². The van der Waals surface area contributed by atoms with E-state index in [-0.39, 0.29) is 0 Å². The Kier molecular flexibility index (Phi) is 4.34. The Balaban J connectivity index is 2.07. The van der Waals surface area contributed by atoms with Crippen LogP contribution < -0.4 is 5.32 Å². The molecule has 0 amide bonds. The van der Waals surface area contributed by atoms with Crippen molar-refractivity contribution in [2.45, 2.75) is 38.5 Å². The second kappa shape index (κ2) is 6.00. The van der Waals surface area contributed by atoms with Crippen molar-refractivity contribution in [3.63, 3.8) is 0 Å². The number of hydrogen-bond donors (Lipinski definition) is 1. The van der Waals surface area contributed by atoms with Gasteiger partial charge in [0.2, 0.25) is 0 Å². The summed E-state index contributed by atoms with van der Waals surface area (Å²) in [5.74, 6) is 1.53. The monoisotopic (exact) mass is 218 g/mol. The van der Waals surface area contributed by atoms with Gasteiger partial charge in [-0.1, -0.05) is 25.8 Å². The molecule has 88 valence electrons. The van der Waals surface area contributed by atoms with Crippen LogP contribution in [0.1, 0.15) is 44.1 Å². The van der Waals surface area contributed by atoms with Gasteiger partial charge in [0.1, 0.15) is 0 Å². The van der Waals surface area contributed by atoms with Crippen LogP contribution in [-0.4, -0.2) is 18.1 Å². The summed E-state index contributed by atoms with van der Waals surface area (Å²) in [6.45, 7) is 4.34. The van der Waals surface area contributed by atoms with Crippen molar-refractivity contribution < 1.29 is 0 Å². The van der Waals surface area contributed by atoms with Gasteiger partial charge in [0.15, 0.2) is 0 Å². The average Bonchev–Trinajstić information content (AvgIpc) is 2.85. The molecule has 2 rings (SSSR count). The van der Waals surface area contributed by atoms with Crippen LogP contribution in [0.3, 0.4) is 0 Å². The topological polar surface area (TPSA) is 24.9 Å².